The van der Waals surface area contributed by atoms with Crippen LogP contribution in [0.4, 0.5) is 0 Å². The molecule has 108 valence electrons. The summed E-state index contributed by atoms with van der Waals surface area (Å²) in [5.41, 5.74) is -1.18. The van der Waals surface area contributed by atoms with Gasteiger partial charge in [-0.15, -0.1) is 0 Å². The molecule has 1 aliphatic carbocycles. The maximum Gasteiger partial charge on any atom is 0.326 e. The molecule has 5 nitrogen and oxygen atoms in total. The van der Waals surface area contributed by atoms with Gasteiger partial charge in [-0.2, -0.15) is 0 Å². The molecule has 0 aromatic carbocycles. The minimum absolute atomic E-state index is 0.0357. The van der Waals surface area contributed by atoms with E-state index in [0.29, 0.717) is 6.29 Å². The molecule has 0 unspecified atom stereocenters. The summed E-state index contributed by atoms with van der Waals surface area (Å²) in [6, 6.07) is -0.884. The molecule has 0 spiro atoms. The predicted octanol–water partition coefficient (Wildman–Crippen LogP) is 1.75. The molecule has 1 atom stereocenters. The van der Waals surface area contributed by atoms with E-state index in [4.69, 9.17) is 0 Å². The van der Waals surface area contributed by atoms with Gasteiger partial charge in [0.1, 0.15) is 12.3 Å². The summed E-state index contributed by atoms with van der Waals surface area (Å²) < 4.78 is 0. The monoisotopic (exact) mass is 269 g/mol. The maximum absolute atomic E-state index is 11.9. The summed E-state index contributed by atoms with van der Waals surface area (Å²) in [7, 11) is 0. The molecule has 0 saturated heterocycles. The van der Waals surface area contributed by atoms with Crippen LogP contribution in [0.2, 0.25) is 0 Å². The summed E-state index contributed by atoms with van der Waals surface area (Å²) in [5, 5.41) is 11.8. The van der Waals surface area contributed by atoms with Crippen LogP contribution < -0.4 is 5.32 Å². The highest BCUT2D eigenvalue weighted by Crippen LogP contribution is 2.26. The molecule has 1 amide bonds. The maximum atomic E-state index is 11.9. The first-order chi connectivity index (χ1) is 8.88. The molecular formula is C14H23NO4. The van der Waals surface area contributed by atoms with Crippen molar-refractivity contribution in [2.24, 2.45) is 11.3 Å². The van der Waals surface area contributed by atoms with E-state index in [1.807, 2.05) is 0 Å². The molecule has 1 rings (SSSR count). The molecule has 5 heteroatoms. The number of amides is 1. The Kier molecular flexibility index (Phi) is 5.51. The lowest BCUT2D eigenvalue weighted by molar-refractivity contribution is -0.146. The van der Waals surface area contributed by atoms with Gasteiger partial charge in [-0.05, 0) is 32.6 Å². The smallest absolute Gasteiger partial charge is 0.326 e. The van der Waals surface area contributed by atoms with Gasteiger partial charge in [0.15, 0.2) is 0 Å². The number of rotatable bonds is 5. The Balaban J connectivity index is 2.74. The first-order valence-electron chi connectivity index (χ1n) is 6.88. The van der Waals surface area contributed by atoms with Gasteiger partial charge in [-0.25, -0.2) is 4.79 Å². The Morgan fingerprint density at radius 1 is 1.21 bits per heavy atom. The number of hydrogen-bond acceptors (Lipinski definition) is 3. The first kappa shape index (κ1) is 15.7. The van der Waals surface area contributed by atoms with Crippen molar-refractivity contribution in [2.45, 2.75) is 58.4 Å². The molecule has 19 heavy (non-hydrogen) atoms. The van der Waals surface area contributed by atoms with Crippen molar-refractivity contribution in [1.82, 2.24) is 5.32 Å². The van der Waals surface area contributed by atoms with E-state index in [9.17, 15) is 19.5 Å². The van der Waals surface area contributed by atoms with Crippen molar-refractivity contribution in [3.05, 3.63) is 0 Å². The summed E-state index contributed by atoms with van der Waals surface area (Å²) in [6.07, 6.45) is 6.43. The van der Waals surface area contributed by atoms with Crippen molar-refractivity contribution in [3.63, 3.8) is 0 Å². The van der Waals surface area contributed by atoms with Crippen LogP contribution in [0.5, 0.6) is 0 Å². The number of carboxylic acid groups (broad SMARTS) is 1. The van der Waals surface area contributed by atoms with Gasteiger partial charge in [-0.1, -0.05) is 25.7 Å². The summed E-state index contributed by atoms with van der Waals surface area (Å²) >= 11 is 0. The fraction of sp³-hybridized carbons (Fsp3) is 0.786. The van der Waals surface area contributed by atoms with Crippen molar-refractivity contribution in [2.75, 3.05) is 0 Å². The number of aldehydes is 1. The van der Waals surface area contributed by atoms with Gasteiger partial charge in [0.05, 0.1) is 5.41 Å². The van der Waals surface area contributed by atoms with Gasteiger partial charge in [0, 0.05) is 0 Å². The second kappa shape index (κ2) is 6.68. The first-order valence-corrected chi connectivity index (χ1v) is 6.88. The zero-order valence-electron chi connectivity index (χ0n) is 11.6. The molecule has 0 aromatic heterocycles. The van der Waals surface area contributed by atoms with Crippen molar-refractivity contribution >= 4 is 18.2 Å². The molecule has 0 aromatic rings. The predicted molar refractivity (Wildman–Crippen MR) is 70.6 cm³/mol. The number of carboxylic acids is 1. The molecule has 1 saturated carbocycles. The lowest BCUT2D eigenvalue weighted by Gasteiger charge is -2.26. The van der Waals surface area contributed by atoms with E-state index in [1.54, 1.807) is 0 Å². The quantitative estimate of drug-likeness (QED) is 0.452. The van der Waals surface area contributed by atoms with E-state index in [0.717, 1.165) is 38.5 Å². The Hall–Kier alpha value is -1.39. The number of carbonyl (C=O) groups excluding carboxylic acids is 2. The molecule has 2 N–H and O–H groups in total. The standard InChI is InChI=1S/C14H23NO4/c1-14(2,9-16)13(19)15-11(12(17)18)10-7-5-3-4-6-8-10/h9-11H,3-8H2,1-2H3,(H,15,19)(H,17,18)/t11-/m0/s1. The van der Waals surface area contributed by atoms with E-state index >= 15 is 0 Å². The number of hydrogen-bond donors (Lipinski definition) is 2. The number of nitrogens with one attached hydrogen (secondary N) is 1. The summed E-state index contributed by atoms with van der Waals surface area (Å²) in [6.45, 7) is 2.97. The second-order valence-electron chi connectivity index (χ2n) is 5.88. The third-order valence-corrected chi connectivity index (χ3v) is 3.80. The second-order valence-corrected chi connectivity index (χ2v) is 5.88. The topological polar surface area (TPSA) is 83.5 Å². The highest BCUT2D eigenvalue weighted by Gasteiger charge is 2.35. The van der Waals surface area contributed by atoms with Gasteiger partial charge >= 0.3 is 5.97 Å². The Morgan fingerprint density at radius 2 is 1.74 bits per heavy atom. The van der Waals surface area contributed by atoms with Crippen LogP contribution in [0.3, 0.4) is 0 Å². The SMILES string of the molecule is CC(C)(C=O)C(=O)N[C@H](C(=O)O)C1CCCCCC1. The van der Waals surface area contributed by atoms with Crippen LogP contribution in [0.15, 0.2) is 0 Å². The fourth-order valence-corrected chi connectivity index (χ4v) is 2.41. The third kappa shape index (κ3) is 4.33. The average Bonchev–Trinajstić information content (AvgIpc) is 2.63. The molecule has 0 radical (unpaired) electrons. The third-order valence-electron chi connectivity index (χ3n) is 3.80. The summed E-state index contributed by atoms with van der Waals surface area (Å²) in [4.78, 5) is 34.1. The highest BCUT2D eigenvalue weighted by molar-refractivity contribution is 5.97. The molecular weight excluding hydrogens is 246 g/mol. The normalized spacial score (nSPS) is 19.3. The molecule has 0 heterocycles. The van der Waals surface area contributed by atoms with Crippen LogP contribution in [0.25, 0.3) is 0 Å². The van der Waals surface area contributed by atoms with Crippen LogP contribution in [-0.2, 0) is 14.4 Å². The number of aliphatic carboxylic acids is 1. The van der Waals surface area contributed by atoms with Gasteiger partial charge in [-0.3, -0.25) is 4.79 Å². The zero-order chi connectivity index (χ0) is 14.5. The van der Waals surface area contributed by atoms with E-state index in [-0.39, 0.29) is 5.92 Å². The minimum atomic E-state index is -1.18. The lowest BCUT2D eigenvalue weighted by atomic mass is 9.89. The van der Waals surface area contributed by atoms with Gasteiger partial charge in [0.25, 0.3) is 0 Å². The minimum Gasteiger partial charge on any atom is -0.480 e. The largest absolute Gasteiger partial charge is 0.480 e. The van der Waals surface area contributed by atoms with Crippen LogP contribution >= 0.6 is 0 Å². The van der Waals surface area contributed by atoms with Gasteiger partial charge < -0.3 is 15.2 Å². The Morgan fingerprint density at radius 3 is 2.16 bits per heavy atom. The molecule has 0 bridgehead atoms. The fourth-order valence-electron chi connectivity index (χ4n) is 2.41. The summed E-state index contributed by atoms with van der Waals surface area (Å²) in [5.74, 6) is -1.56. The van der Waals surface area contributed by atoms with Crippen molar-refractivity contribution < 1.29 is 19.5 Å². The Labute approximate surface area is 113 Å². The van der Waals surface area contributed by atoms with E-state index in [2.05, 4.69) is 5.32 Å². The zero-order valence-corrected chi connectivity index (χ0v) is 11.6. The molecule has 1 aliphatic rings. The molecule has 1 fully saturated rings. The Bertz CT molecular complexity index is 343. The van der Waals surface area contributed by atoms with Crippen LogP contribution in [0, 0.1) is 11.3 Å². The number of carbonyl (C=O) groups is 3. The lowest BCUT2D eigenvalue weighted by Crippen LogP contribution is -2.50. The molecule has 0 aliphatic heterocycles. The van der Waals surface area contributed by atoms with Crippen LogP contribution in [0.1, 0.15) is 52.4 Å². The average molecular weight is 269 g/mol. The van der Waals surface area contributed by atoms with Crippen LogP contribution in [-0.4, -0.2) is 29.3 Å². The van der Waals surface area contributed by atoms with E-state index in [1.165, 1.54) is 13.8 Å². The van der Waals surface area contributed by atoms with E-state index < -0.39 is 23.3 Å². The van der Waals surface area contributed by atoms with Crippen molar-refractivity contribution in [3.8, 4) is 0 Å². The van der Waals surface area contributed by atoms with Crippen molar-refractivity contribution in [1.29, 1.82) is 0 Å². The van der Waals surface area contributed by atoms with Gasteiger partial charge in [0.2, 0.25) is 5.91 Å². The highest BCUT2D eigenvalue weighted by atomic mass is 16.4.